The van der Waals surface area contributed by atoms with Crippen molar-refractivity contribution in [2.75, 3.05) is 19.7 Å². The standard InChI is InChI=1S/C23H24ClIN2O3S/c1-4-26-23-27(5-2)22(28)20(31-23)13-16-11-18(25)21(19(12-16)29-6-3)30-14-15-7-9-17(24)10-8-15/h7-13H,4-6,14H2,1-3H3/b20-13+,26-23?. The van der Waals surface area contributed by atoms with E-state index in [2.05, 4.69) is 27.6 Å². The van der Waals surface area contributed by atoms with Gasteiger partial charge in [0.1, 0.15) is 6.61 Å². The van der Waals surface area contributed by atoms with Crippen molar-refractivity contribution in [2.45, 2.75) is 27.4 Å². The Morgan fingerprint density at radius 1 is 1.16 bits per heavy atom. The van der Waals surface area contributed by atoms with Crippen molar-refractivity contribution < 1.29 is 14.3 Å². The van der Waals surface area contributed by atoms with E-state index in [-0.39, 0.29) is 5.91 Å². The number of hydrogen-bond donors (Lipinski definition) is 0. The molecule has 0 atom stereocenters. The lowest BCUT2D eigenvalue weighted by Crippen LogP contribution is -2.28. The summed E-state index contributed by atoms with van der Waals surface area (Å²) in [5, 5.41) is 1.45. The maximum atomic E-state index is 12.8. The lowest BCUT2D eigenvalue weighted by atomic mass is 10.1. The van der Waals surface area contributed by atoms with E-state index in [0.29, 0.717) is 47.7 Å². The van der Waals surface area contributed by atoms with Gasteiger partial charge in [-0.25, -0.2) is 0 Å². The van der Waals surface area contributed by atoms with E-state index in [9.17, 15) is 4.79 Å². The Morgan fingerprint density at radius 3 is 2.55 bits per heavy atom. The van der Waals surface area contributed by atoms with Crippen LogP contribution >= 0.6 is 46.0 Å². The predicted molar refractivity (Wildman–Crippen MR) is 137 cm³/mol. The Hall–Kier alpha value is -1.71. The highest BCUT2D eigenvalue weighted by atomic mass is 127. The van der Waals surface area contributed by atoms with Crippen molar-refractivity contribution in [3.8, 4) is 11.5 Å². The number of hydrogen-bond acceptors (Lipinski definition) is 5. The Labute approximate surface area is 206 Å². The van der Waals surface area contributed by atoms with Crippen LogP contribution in [0.1, 0.15) is 31.9 Å². The third kappa shape index (κ3) is 5.96. The first-order chi connectivity index (χ1) is 15.0. The maximum absolute atomic E-state index is 12.8. The summed E-state index contributed by atoms with van der Waals surface area (Å²) >= 11 is 9.61. The first-order valence-electron chi connectivity index (χ1n) is 10.1. The molecular formula is C23H24ClIN2O3S. The number of carbonyl (C=O) groups excluding carboxylic acids is 1. The second-order valence-corrected chi connectivity index (χ2v) is 9.20. The summed E-state index contributed by atoms with van der Waals surface area (Å²) in [5.74, 6) is 1.32. The topological polar surface area (TPSA) is 51.1 Å². The Balaban J connectivity index is 1.87. The Morgan fingerprint density at radius 2 is 1.90 bits per heavy atom. The third-order valence-corrected chi connectivity index (χ3v) is 6.52. The van der Waals surface area contributed by atoms with Crippen LogP contribution in [0.2, 0.25) is 5.02 Å². The molecule has 3 rings (SSSR count). The van der Waals surface area contributed by atoms with E-state index in [1.165, 1.54) is 11.8 Å². The van der Waals surface area contributed by atoms with Crippen LogP contribution in [0.25, 0.3) is 6.08 Å². The van der Waals surface area contributed by atoms with Crippen molar-refractivity contribution in [1.29, 1.82) is 0 Å². The molecule has 0 saturated carbocycles. The zero-order chi connectivity index (χ0) is 22.4. The van der Waals surface area contributed by atoms with Crippen molar-refractivity contribution in [3.63, 3.8) is 0 Å². The number of halogens is 2. The molecule has 1 fully saturated rings. The van der Waals surface area contributed by atoms with E-state index < -0.39 is 0 Å². The second kappa shape index (κ2) is 11.2. The van der Waals surface area contributed by atoms with Gasteiger partial charge in [0.15, 0.2) is 16.7 Å². The third-order valence-electron chi connectivity index (χ3n) is 4.42. The van der Waals surface area contributed by atoms with Gasteiger partial charge in [0.25, 0.3) is 5.91 Å². The van der Waals surface area contributed by atoms with Gasteiger partial charge >= 0.3 is 0 Å². The smallest absolute Gasteiger partial charge is 0.266 e. The van der Waals surface area contributed by atoms with E-state index in [0.717, 1.165) is 19.9 Å². The van der Waals surface area contributed by atoms with Crippen LogP contribution in [0.5, 0.6) is 11.5 Å². The van der Waals surface area contributed by atoms with Crippen LogP contribution < -0.4 is 9.47 Å². The van der Waals surface area contributed by atoms with Crippen molar-refractivity contribution in [2.24, 2.45) is 4.99 Å². The van der Waals surface area contributed by atoms with Gasteiger partial charge in [-0.3, -0.25) is 14.7 Å². The molecule has 1 amide bonds. The van der Waals surface area contributed by atoms with Gasteiger partial charge < -0.3 is 9.47 Å². The second-order valence-electron chi connectivity index (χ2n) is 6.60. The number of thioether (sulfide) groups is 1. The summed E-state index contributed by atoms with van der Waals surface area (Å²) in [5.41, 5.74) is 1.90. The van der Waals surface area contributed by atoms with Crippen molar-refractivity contribution >= 4 is 63.1 Å². The molecule has 5 nitrogen and oxygen atoms in total. The van der Waals surface area contributed by atoms with Crippen LogP contribution in [-0.2, 0) is 11.4 Å². The van der Waals surface area contributed by atoms with Crippen LogP contribution in [-0.4, -0.2) is 35.7 Å². The highest BCUT2D eigenvalue weighted by Gasteiger charge is 2.31. The zero-order valence-corrected chi connectivity index (χ0v) is 21.4. The summed E-state index contributed by atoms with van der Waals surface area (Å²) in [6.45, 7) is 8.02. The van der Waals surface area contributed by atoms with Gasteiger partial charge in [0.05, 0.1) is 15.1 Å². The van der Waals surface area contributed by atoms with Gasteiger partial charge in [0.2, 0.25) is 0 Å². The molecule has 1 heterocycles. The molecule has 1 saturated heterocycles. The lowest BCUT2D eigenvalue weighted by molar-refractivity contribution is -0.122. The zero-order valence-electron chi connectivity index (χ0n) is 17.7. The van der Waals surface area contributed by atoms with Crippen LogP contribution in [0.15, 0.2) is 46.3 Å². The molecule has 0 N–H and O–H groups in total. The number of amides is 1. The van der Waals surface area contributed by atoms with Gasteiger partial charge in [-0.1, -0.05) is 23.7 Å². The molecule has 0 spiro atoms. The molecule has 1 aliphatic rings. The molecule has 164 valence electrons. The fourth-order valence-corrected chi connectivity index (χ4v) is 5.01. The quantitative estimate of drug-likeness (QED) is 0.279. The number of nitrogens with zero attached hydrogens (tertiary/aromatic N) is 2. The first-order valence-corrected chi connectivity index (χ1v) is 12.3. The summed E-state index contributed by atoms with van der Waals surface area (Å²) < 4.78 is 12.8. The largest absolute Gasteiger partial charge is 0.490 e. The van der Waals surface area contributed by atoms with E-state index in [1.807, 2.05) is 63.2 Å². The molecule has 0 aromatic heterocycles. The van der Waals surface area contributed by atoms with Crippen LogP contribution in [0.3, 0.4) is 0 Å². The molecule has 2 aromatic carbocycles. The molecule has 1 aliphatic heterocycles. The minimum atomic E-state index is -0.0178. The average molecular weight is 571 g/mol. The summed E-state index contributed by atoms with van der Waals surface area (Å²) in [4.78, 5) is 19.6. The minimum Gasteiger partial charge on any atom is -0.490 e. The van der Waals surface area contributed by atoms with E-state index in [4.69, 9.17) is 21.1 Å². The molecule has 0 radical (unpaired) electrons. The molecule has 0 aliphatic carbocycles. The fourth-order valence-electron chi connectivity index (χ4n) is 3.00. The molecule has 8 heteroatoms. The number of aliphatic imine (C=N–C) groups is 1. The summed E-state index contributed by atoms with van der Waals surface area (Å²) in [6, 6.07) is 11.5. The van der Waals surface area contributed by atoms with E-state index >= 15 is 0 Å². The van der Waals surface area contributed by atoms with E-state index in [1.54, 1.807) is 4.90 Å². The molecule has 0 unspecified atom stereocenters. The van der Waals surface area contributed by atoms with Gasteiger partial charge in [-0.2, -0.15) is 0 Å². The number of benzene rings is 2. The highest BCUT2D eigenvalue weighted by Crippen LogP contribution is 2.38. The summed E-state index contributed by atoms with van der Waals surface area (Å²) in [7, 11) is 0. The molecule has 31 heavy (non-hydrogen) atoms. The maximum Gasteiger partial charge on any atom is 0.266 e. The minimum absolute atomic E-state index is 0.0178. The Kier molecular flexibility index (Phi) is 8.68. The monoisotopic (exact) mass is 570 g/mol. The highest BCUT2D eigenvalue weighted by molar-refractivity contribution is 14.1. The predicted octanol–water partition coefficient (Wildman–Crippen LogP) is 6.23. The van der Waals surface area contributed by atoms with Crippen LogP contribution in [0, 0.1) is 3.57 Å². The SMILES string of the molecule is CCN=C1S/C(=C/c2cc(I)c(OCc3ccc(Cl)cc3)c(OCC)c2)C(=O)N1CC. The lowest BCUT2D eigenvalue weighted by Gasteiger charge is -2.15. The number of rotatable bonds is 8. The normalized spacial score (nSPS) is 16.4. The average Bonchev–Trinajstić information content (AvgIpc) is 3.03. The van der Waals surface area contributed by atoms with Crippen LogP contribution in [0.4, 0.5) is 0 Å². The number of carbonyl (C=O) groups is 1. The fraction of sp³-hybridized carbons (Fsp3) is 0.304. The van der Waals surface area contributed by atoms with Gasteiger partial charge in [0, 0.05) is 18.1 Å². The van der Waals surface area contributed by atoms with Crippen molar-refractivity contribution in [1.82, 2.24) is 4.90 Å². The molecular weight excluding hydrogens is 547 g/mol. The number of ether oxygens (including phenoxy) is 2. The van der Waals surface area contributed by atoms with Gasteiger partial charge in [-0.15, -0.1) is 0 Å². The Bertz CT molecular complexity index is 1010. The van der Waals surface area contributed by atoms with Crippen molar-refractivity contribution in [3.05, 3.63) is 61.0 Å². The van der Waals surface area contributed by atoms with Gasteiger partial charge in [-0.05, 0) is 96.6 Å². The summed E-state index contributed by atoms with van der Waals surface area (Å²) in [6.07, 6.45) is 1.89. The first kappa shape index (κ1) is 23.9. The number of amidine groups is 1. The molecule has 2 aromatic rings. The molecule has 0 bridgehead atoms. The number of likely N-dealkylation sites (N-methyl/N-ethyl adjacent to an activating group) is 1.